The first-order chi connectivity index (χ1) is 9.61. The number of ether oxygens (including phenoxy) is 1. The SMILES string of the molecule is Cc1ccc(OCC(C)NC(=O)C2CC3CC3C2)cc1. The van der Waals surface area contributed by atoms with Crippen LogP contribution in [0.15, 0.2) is 24.3 Å². The lowest BCUT2D eigenvalue weighted by Gasteiger charge is -2.18. The average Bonchev–Trinajstić information content (AvgIpc) is 3.04. The van der Waals surface area contributed by atoms with E-state index in [9.17, 15) is 4.79 Å². The van der Waals surface area contributed by atoms with Gasteiger partial charge in [-0.1, -0.05) is 17.7 Å². The van der Waals surface area contributed by atoms with Gasteiger partial charge in [0.15, 0.2) is 0 Å². The molecule has 0 spiro atoms. The molecule has 108 valence electrons. The van der Waals surface area contributed by atoms with Crippen molar-refractivity contribution in [1.82, 2.24) is 5.32 Å². The van der Waals surface area contributed by atoms with Gasteiger partial charge in [-0.2, -0.15) is 0 Å². The van der Waals surface area contributed by atoms with Gasteiger partial charge in [0.05, 0.1) is 6.04 Å². The molecule has 3 nitrogen and oxygen atoms in total. The quantitative estimate of drug-likeness (QED) is 0.895. The van der Waals surface area contributed by atoms with Gasteiger partial charge < -0.3 is 10.1 Å². The molecule has 1 amide bonds. The highest BCUT2D eigenvalue weighted by Gasteiger charge is 2.48. The highest BCUT2D eigenvalue weighted by molar-refractivity contribution is 5.79. The van der Waals surface area contributed by atoms with E-state index in [0.29, 0.717) is 6.61 Å². The summed E-state index contributed by atoms with van der Waals surface area (Å²) in [6.45, 7) is 4.58. The third-order valence-electron chi connectivity index (χ3n) is 4.52. The zero-order chi connectivity index (χ0) is 14.1. The molecule has 0 bridgehead atoms. The van der Waals surface area contributed by atoms with Gasteiger partial charge in [-0.25, -0.2) is 0 Å². The number of carbonyl (C=O) groups is 1. The van der Waals surface area contributed by atoms with E-state index in [1.165, 1.54) is 12.0 Å². The predicted molar refractivity (Wildman–Crippen MR) is 78.6 cm³/mol. The van der Waals surface area contributed by atoms with Gasteiger partial charge in [0, 0.05) is 5.92 Å². The second-order valence-electron chi connectivity index (χ2n) is 6.46. The molecule has 3 heteroatoms. The van der Waals surface area contributed by atoms with Crippen molar-refractivity contribution in [2.24, 2.45) is 17.8 Å². The third-order valence-corrected chi connectivity index (χ3v) is 4.52. The van der Waals surface area contributed by atoms with Crippen LogP contribution < -0.4 is 10.1 Å². The van der Waals surface area contributed by atoms with Crippen LogP contribution in [0.1, 0.15) is 31.7 Å². The molecular formula is C17H23NO2. The highest BCUT2D eigenvalue weighted by atomic mass is 16.5. The van der Waals surface area contributed by atoms with Gasteiger partial charge in [-0.3, -0.25) is 4.79 Å². The number of nitrogens with one attached hydrogen (secondary N) is 1. The molecule has 3 unspecified atom stereocenters. The van der Waals surface area contributed by atoms with Gasteiger partial charge in [0.1, 0.15) is 12.4 Å². The lowest BCUT2D eigenvalue weighted by atomic mass is 10.0. The molecule has 20 heavy (non-hydrogen) atoms. The topological polar surface area (TPSA) is 38.3 Å². The van der Waals surface area contributed by atoms with E-state index >= 15 is 0 Å². The lowest BCUT2D eigenvalue weighted by Crippen LogP contribution is -2.40. The molecule has 1 aromatic carbocycles. The molecule has 3 rings (SSSR count). The Labute approximate surface area is 120 Å². The summed E-state index contributed by atoms with van der Waals surface area (Å²) < 4.78 is 5.70. The Kier molecular flexibility index (Phi) is 3.68. The average molecular weight is 273 g/mol. The first-order valence-corrected chi connectivity index (χ1v) is 7.61. The van der Waals surface area contributed by atoms with Crippen molar-refractivity contribution >= 4 is 5.91 Å². The number of fused-ring (bicyclic) bond motifs is 1. The van der Waals surface area contributed by atoms with Crippen LogP contribution in [-0.4, -0.2) is 18.6 Å². The third kappa shape index (κ3) is 3.14. The van der Waals surface area contributed by atoms with Crippen LogP contribution in [-0.2, 0) is 4.79 Å². The van der Waals surface area contributed by atoms with E-state index in [1.54, 1.807) is 0 Å². The maximum absolute atomic E-state index is 12.1. The standard InChI is InChI=1S/C17H23NO2/c1-11-3-5-16(6-4-11)20-10-12(2)18-17(19)15-8-13-7-14(13)9-15/h3-6,12-15H,7-10H2,1-2H3,(H,18,19). The van der Waals surface area contributed by atoms with Gasteiger partial charge in [-0.05, 0) is 57.1 Å². The van der Waals surface area contributed by atoms with E-state index in [-0.39, 0.29) is 17.9 Å². The summed E-state index contributed by atoms with van der Waals surface area (Å²) in [6.07, 6.45) is 3.56. The van der Waals surface area contributed by atoms with Gasteiger partial charge in [0.2, 0.25) is 5.91 Å². The van der Waals surface area contributed by atoms with Crippen molar-refractivity contribution in [3.63, 3.8) is 0 Å². The van der Waals surface area contributed by atoms with Crippen LogP contribution in [0.3, 0.4) is 0 Å². The van der Waals surface area contributed by atoms with Gasteiger partial charge in [0.25, 0.3) is 0 Å². The van der Waals surface area contributed by atoms with Crippen molar-refractivity contribution in [2.75, 3.05) is 6.61 Å². The smallest absolute Gasteiger partial charge is 0.223 e. The van der Waals surface area contributed by atoms with Crippen LogP contribution in [0.2, 0.25) is 0 Å². The molecule has 2 saturated carbocycles. The van der Waals surface area contributed by atoms with E-state index in [0.717, 1.165) is 30.4 Å². The van der Waals surface area contributed by atoms with Crippen molar-refractivity contribution in [2.45, 2.75) is 39.2 Å². The zero-order valence-corrected chi connectivity index (χ0v) is 12.3. The Morgan fingerprint density at radius 3 is 2.55 bits per heavy atom. The zero-order valence-electron chi connectivity index (χ0n) is 12.3. The maximum atomic E-state index is 12.1. The Morgan fingerprint density at radius 1 is 1.25 bits per heavy atom. The summed E-state index contributed by atoms with van der Waals surface area (Å²) in [7, 11) is 0. The Bertz CT molecular complexity index is 472. The first-order valence-electron chi connectivity index (χ1n) is 7.61. The minimum atomic E-state index is 0.0562. The van der Waals surface area contributed by atoms with Crippen LogP contribution in [0.25, 0.3) is 0 Å². The summed E-state index contributed by atoms with van der Waals surface area (Å²) in [4.78, 5) is 12.1. The predicted octanol–water partition coefficient (Wildman–Crippen LogP) is 2.92. The van der Waals surface area contributed by atoms with Crippen LogP contribution in [0.5, 0.6) is 5.75 Å². The maximum Gasteiger partial charge on any atom is 0.223 e. The fraction of sp³-hybridized carbons (Fsp3) is 0.588. The number of benzene rings is 1. The minimum Gasteiger partial charge on any atom is -0.491 e. The number of rotatable bonds is 5. The summed E-state index contributed by atoms with van der Waals surface area (Å²) in [5.74, 6) is 3.03. The van der Waals surface area contributed by atoms with Crippen LogP contribution in [0.4, 0.5) is 0 Å². The molecule has 0 aliphatic heterocycles. The molecule has 2 aliphatic carbocycles. The second kappa shape index (κ2) is 5.47. The molecule has 1 aromatic rings. The fourth-order valence-corrected chi connectivity index (χ4v) is 3.19. The van der Waals surface area contributed by atoms with Gasteiger partial charge in [-0.15, -0.1) is 0 Å². The summed E-state index contributed by atoms with van der Waals surface area (Å²) in [5.41, 5.74) is 1.22. The molecule has 3 atom stereocenters. The number of hydrogen-bond donors (Lipinski definition) is 1. The molecular weight excluding hydrogens is 250 g/mol. The molecule has 2 aliphatic rings. The van der Waals surface area contributed by atoms with Crippen LogP contribution in [0, 0.1) is 24.7 Å². The molecule has 0 aromatic heterocycles. The first kappa shape index (κ1) is 13.5. The number of aryl methyl sites for hydroxylation is 1. The summed E-state index contributed by atoms with van der Waals surface area (Å²) in [5, 5.41) is 3.08. The number of hydrogen-bond acceptors (Lipinski definition) is 2. The number of carbonyl (C=O) groups excluding carboxylic acids is 1. The van der Waals surface area contributed by atoms with E-state index < -0.39 is 0 Å². The Balaban J connectivity index is 1.41. The molecule has 0 radical (unpaired) electrons. The normalized spacial score (nSPS) is 28.6. The van der Waals surface area contributed by atoms with Crippen molar-refractivity contribution < 1.29 is 9.53 Å². The Morgan fingerprint density at radius 2 is 1.90 bits per heavy atom. The lowest BCUT2D eigenvalue weighted by molar-refractivity contribution is -0.125. The molecule has 0 saturated heterocycles. The molecule has 1 N–H and O–H groups in total. The monoisotopic (exact) mass is 273 g/mol. The molecule has 2 fully saturated rings. The largest absolute Gasteiger partial charge is 0.491 e. The van der Waals surface area contributed by atoms with Crippen LogP contribution >= 0.6 is 0 Å². The number of amides is 1. The van der Waals surface area contributed by atoms with Gasteiger partial charge >= 0.3 is 0 Å². The second-order valence-corrected chi connectivity index (χ2v) is 6.46. The van der Waals surface area contributed by atoms with Crippen molar-refractivity contribution in [3.8, 4) is 5.75 Å². The van der Waals surface area contributed by atoms with E-state index in [1.807, 2.05) is 31.2 Å². The summed E-state index contributed by atoms with van der Waals surface area (Å²) in [6, 6.07) is 8.05. The minimum absolute atomic E-state index is 0.0562. The highest BCUT2D eigenvalue weighted by Crippen LogP contribution is 2.54. The summed E-state index contributed by atoms with van der Waals surface area (Å²) >= 11 is 0. The van der Waals surface area contributed by atoms with E-state index in [4.69, 9.17) is 4.74 Å². The Hall–Kier alpha value is -1.51. The fourth-order valence-electron chi connectivity index (χ4n) is 3.19. The van der Waals surface area contributed by atoms with E-state index in [2.05, 4.69) is 12.2 Å². The van der Waals surface area contributed by atoms with Crippen molar-refractivity contribution in [3.05, 3.63) is 29.8 Å². The van der Waals surface area contributed by atoms with Crippen molar-refractivity contribution in [1.29, 1.82) is 0 Å². The molecule has 0 heterocycles.